The number of hydrogen-bond donors (Lipinski definition) is 4. The largest absolute Gasteiger partial charge is 0.445 e. The van der Waals surface area contributed by atoms with Gasteiger partial charge in [-0.1, -0.05) is 62.0 Å². The van der Waals surface area contributed by atoms with E-state index in [2.05, 4.69) is 44.1 Å². The van der Waals surface area contributed by atoms with Gasteiger partial charge in [0.2, 0.25) is 23.6 Å². The van der Waals surface area contributed by atoms with Gasteiger partial charge in [0, 0.05) is 113 Å². The molecule has 6 N–H and O–H groups in total. The van der Waals surface area contributed by atoms with Crippen LogP contribution in [0.1, 0.15) is 52.4 Å². The molecule has 4 aliphatic carbocycles. The molecule has 18 nitrogen and oxygen atoms in total. The first-order chi connectivity index (χ1) is 35.6. The molecule has 2 aliphatic heterocycles. The molecule has 10 atom stereocenters. The molecule has 2 heterocycles. The van der Waals surface area contributed by atoms with Gasteiger partial charge in [0.25, 0.3) is 0 Å². The van der Waals surface area contributed by atoms with Crippen molar-refractivity contribution in [1.29, 1.82) is 0 Å². The van der Waals surface area contributed by atoms with Crippen LogP contribution < -0.4 is 31.9 Å². The molecule has 74 heavy (non-hydrogen) atoms. The summed E-state index contributed by atoms with van der Waals surface area (Å²) in [6, 6.07) is 15.5. The van der Waals surface area contributed by atoms with E-state index in [1.807, 2.05) is 48.5 Å². The SMILES string of the molecule is CCCCOC(CNC(=O)C1C2C=CC(OC(=O)C(=O)OC34C=CC(C3)C(C(N)=O)C4C(=O)NCC(CN3CCN(c4ccc(Cl)cc4)CC3)OCCCC)(C2)C1C(N)=O)CN1CCN(c2ccc(Cl)cc2)CC1. The normalized spacial score (nSPS) is 28.0. The zero-order valence-corrected chi connectivity index (χ0v) is 44.0. The van der Waals surface area contributed by atoms with Crippen LogP contribution in [0.15, 0.2) is 72.8 Å². The van der Waals surface area contributed by atoms with Crippen LogP contribution in [0, 0.1) is 35.5 Å². The maximum atomic E-state index is 14.3. The lowest BCUT2D eigenvalue weighted by atomic mass is 9.79. The third kappa shape index (κ3) is 12.7. The minimum Gasteiger partial charge on any atom is -0.445 e. The predicted molar refractivity (Wildman–Crippen MR) is 280 cm³/mol. The van der Waals surface area contributed by atoms with Crippen LogP contribution in [0.3, 0.4) is 0 Å². The summed E-state index contributed by atoms with van der Waals surface area (Å²) in [5.74, 6) is -11.2. The van der Waals surface area contributed by atoms with Gasteiger partial charge in [0.15, 0.2) is 0 Å². The van der Waals surface area contributed by atoms with Crippen LogP contribution in [-0.4, -0.2) is 161 Å². The average molecular weight is 1060 g/mol. The van der Waals surface area contributed by atoms with Gasteiger partial charge in [0.05, 0.1) is 35.9 Å². The number of ether oxygens (including phenoxy) is 4. The van der Waals surface area contributed by atoms with E-state index in [1.54, 1.807) is 12.2 Å². The van der Waals surface area contributed by atoms with Crippen molar-refractivity contribution in [2.75, 3.05) is 102 Å². The second kappa shape index (κ2) is 24.6. The quantitative estimate of drug-likeness (QED) is 0.0509. The van der Waals surface area contributed by atoms with Gasteiger partial charge < -0.3 is 50.8 Å². The molecular weight excluding hydrogens is 992 g/mol. The van der Waals surface area contributed by atoms with E-state index in [9.17, 15) is 28.8 Å². The molecule has 4 bridgehead atoms. The maximum Gasteiger partial charge on any atom is 0.418 e. The molecule has 10 unspecified atom stereocenters. The Kier molecular flexibility index (Phi) is 18.3. The van der Waals surface area contributed by atoms with E-state index in [0.717, 1.165) is 89.4 Å². The molecule has 0 aromatic heterocycles. The van der Waals surface area contributed by atoms with E-state index in [1.165, 1.54) is 12.2 Å². The number of carbonyl (C=O) groups is 6. The number of amides is 4. The Morgan fingerprint density at radius 2 is 1.01 bits per heavy atom. The summed E-state index contributed by atoms with van der Waals surface area (Å²) in [5, 5.41) is 7.35. The first kappa shape index (κ1) is 55.0. The van der Waals surface area contributed by atoms with Crippen molar-refractivity contribution < 1.29 is 47.7 Å². The number of nitrogens with one attached hydrogen (secondary N) is 2. The van der Waals surface area contributed by atoms with Crippen molar-refractivity contribution in [1.82, 2.24) is 20.4 Å². The minimum absolute atomic E-state index is 0.0352. The lowest BCUT2D eigenvalue weighted by Crippen LogP contribution is -2.54. The number of rotatable bonds is 24. The number of unbranched alkanes of at least 4 members (excludes halogenated alkanes) is 2. The monoisotopic (exact) mass is 1060 g/mol. The summed E-state index contributed by atoms with van der Waals surface area (Å²) in [5.41, 5.74) is 10.7. The third-order valence-corrected chi connectivity index (χ3v) is 16.3. The number of esters is 2. The summed E-state index contributed by atoms with van der Waals surface area (Å²) in [6.07, 6.45) is 9.30. The van der Waals surface area contributed by atoms with E-state index in [-0.39, 0.29) is 32.0 Å². The Morgan fingerprint density at radius 1 is 0.595 bits per heavy atom. The van der Waals surface area contributed by atoms with Crippen molar-refractivity contribution in [3.63, 3.8) is 0 Å². The van der Waals surface area contributed by atoms with Crippen LogP contribution in [0.4, 0.5) is 11.4 Å². The number of nitrogens with two attached hydrogens (primary N) is 2. The van der Waals surface area contributed by atoms with Crippen molar-refractivity contribution >= 4 is 70.1 Å². The molecule has 20 heteroatoms. The third-order valence-electron chi connectivity index (χ3n) is 15.8. The van der Waals surface area contributed by atoms with Crippen LogP contribution in [-0.2, 0) is 47.7 Å². The highest BCUT2D eigenvalue weighted by Gasteiger charge is 2.65. The van der Waals surface area contributed by atoms with Gasteiger partial charge in [0.1, 0.15) is 11.2 Å². The number of piperazine rings is 2. The second-order valence-electron chi connectivity index (χ2n) is 20.7. The molecule has 0 spiro atoms. The Labute approximate surface area is 443 Å². The van der Waals surface area contributed by atoms with E-state index >= 15 is 0 Å². The Morgan fingerprint density at radius 3 is 1.43 bits per heavy atom. The van der Waals surface area contributed by atoms with Crippen LogP contribution in [0.25, 0.3) is 0 Å². The number of hydrogen-bond acceptors (Lipinski definition) is 14. The fourth-order valence-electron chi connectivity index (χ4n) is 11.9. The first-order valence-corrected chi connectivity index (χ1v) is 27.1. The maximum absolute atomic E-state index is 14.3. The Balaban J connectivity index is 0.876. The average Bonchev–Trinajstić information content (AvgIpc) is 4.16. The molecule has 402 valence electrons. The Hall–Kier alpha value is -5.24. The van der Waals surface area contributed by atoms with E-state index < -0.39 is 88.4 Å². The summed E-state index contributed by atoms with van der Waals surface area (Å²) in [7, 11) is 0. The van der Waals surface area contributed by atoms with Crippen molar-refractivity contribution in [2.24, 2.45) is 47.0 Å². The summed E-state index contributed by atoms with van der Waals surface area (Å²) >= 11 is 12.2. The summed E-state index contributed by atoms with van der Waals surface area (Å²) in [4.78, 5) is 91.8. The highest BCUT2D eigenvalue weighted by Crippen LogP contribution is 2.55. The number of fused-ring (bicyclic) bond motifs is 4. The number of anilines is 2. The zero-order valence-electron chi connectivity index (χ0n) is 42.5. The molecule has 4 amide bonds. The number of benzene rings is 2. The summed E-state index contributed by atoms with van der Waals surface area (Å²) in [6.45, 7) is 12.9. The van der Waals surface area contributed by atoms with Crippen LogP contribution >= 0.6 is 23.2 Å². The van der Waals surface area contributed by atoms with Crippen molar-refractivity contribution in [2.45, 2.75) is 75.8 Å². The number of nitrogens with zero attached hydrogens (tertiary/aromatic N) is 4. The smallest absolute Gasteiger partial charge is 0.418 e. The molecule has 2 aromatic rings. The molecule has 2 aromatic carbocycles. The molecule has 6 aliphatic rings. The van der Waals surface area contributed by atoms with Crippen LogP contribution in [0.5, 0.6) is 0 Å². The van der Waals surface area contributed by atoms with E-state index in [4.69, 9.17) is 53.6 Å². The molecule has 2 saturated heterocycles. The fourth-order valence-corrected chi connectivity index (χ4v) is 12.2. The molecule has 8 rings (SSSR count). The lowest BCUT2D eigenvalue weighted by molar-refractivity contribution is -0.186. The number of carbonyl (C=O) groups excluding carboxylic acids is 6. The first-order valence-electron chi connectivity index (χ1n) is 26.3. The van der Waals surface area contributed by atoms with Gasteiger partial charge in [-0.15, -0.1) is 0 Å². The molecule has 4 fully saturated rings. The van der Waals surface area contributed by atoms with Crippen molar-refractivity contribution in [3.05, 3.63) is 82.9 Å². The van der Waals surface area contributed by atoms with Gasteiger partial charge >= 0.3 is 11.9 Å². The number of primary amides is 2. The number of allylic oxidation sites excluding steroid dienone is 2. The summed E-state index contributed by atoms with van der Waals surface area (Å²) < 4.78 is 24.4. The van der Waals surface area contributed by atoms with Gasteiger partial charge in [-0.3, -0.25) is 29.0 Å². The second-order valence-corrected chi connectivity index (χ2v) is 21.5. The van der Waals surface area contributed by atoms with Crippen LogP contribution in [0.2, 0.25) is 10.0 Å². The predicted octanol–water partition coefficient (Wildman–Crippen LogP) is 3.72. The van der Waals surface area contributed by atoms with Gasteiger partial charge in [-0.05, 0) is 98.2 Å². The highest BCUT2D eigenvalue weighted by atomic mass is 35.5. The zero-order chi connectivity index (χ0) is 52.6. The molecular formula is C54H72Cl2N8O10. The lowest BCUT2D eigenvalue weighted by Gasteiger charge is -2.38. The number of halogens is 2. The topological polar surface area (TPSA) is 228 Å². The Bertz CT molecular complexity index is 2380. The van der Waals surface area contributed by atoms with Gasteiger partial charge in [-0.25, -0.2) is 9.59 Å². The van der Waals surface area contributed by atoms with Gasteiger partial charge in [-0.2, -0.15) is 0 Å². The minimum atomic E-state index is -1.71. The fraction of sp³-hybridized carbons (Fsp3) is 0.593. The molecule has 2 saturated carbocycles. The standard InChI is InChI=1S/C54H72Cl2N8O10/c1-3-5-27-71-41(33-61-19-23-63(24-20-61)39-11-7-37(55)8-12-39)31-59-49(67)44-36-16-17-53(30-36,45(44)48(58)66)73-51(69)52(70)74-54-18-15-35(29-54)43(47(57)65)46(54)50(68)60-32-42(72-28-6-4-2)34-62-21-25-64(26-22-62)40-13-9-38(56)10-14-40/h7-18,35-36,41-46H,3-6,19-34H2,1-2H3,(H2,57,65)(H2,58,66)(H,59,67)(H,60,68). The molecule has 0 radical (unpaired) electrons. The highest BCUT2D eigenvalue weighted by molar-refractivity contribution is 6.31. The van der Waals surface area contributed by atoms with E-state index in [0.29, 0.717) is 36.3 Å². The van der Waals surface area contributed by atoms with Crippen molar-refractivity contribution in [3.8, 4) is 0 Å².